The second kappa shape index (κ2) is 7.89. The summed E-state index contributed by atoms with van der Waals surface area (Å²) in [6.45, 7) is 5.76. The molecule has 3 rings (SSSR count). The molecule has 1 aromatic rings. The van der Waals surface area contributed by atoms with Gasteiger partial charge in [0, 0.05) is 6.04 Å². The third kappa shape index (κ3) is 3.62. The molecule has 1 saturated carbocycles. The summed E-state index contributed by atoms with van der Waals surface area (Å²) < 4.78 is 13.3. The van der Waals surface area contributed by atoms with Crippen LogP contribution >= 0.6 is 0 Å². The molecule has 0 bridgehead atoms. The summed E-state index contributed by atoms with van der Waals surface area (Å²) in [7, 11) is 0. The molecule has 2 fully saturated rings. The molecule has 1 aromatic carbocycles. The first kappa shape index (κ1) is 20.3. The predicted molar refractivity (Wildman–Crippen MR) is 103 cm³/mol. The van der Waals surface area contributed by atoms with E-state index >= 15 is 0 Å². The molecule has 7 heteroatoms. The SMILES string of the molecule is CC[C@@]1(c2ccc(F)cc2)NC(=O)N(CC(=O)N[C@@H]2CCC[C@H](C)[C@@H]2C)C1=O. The topological polar surface area (TPSA) is 78.5 Å². The van der Waals surface area contributed by atoms with Crippen LogP contribution in [-0.2, 0) is 15.1 Å². The van der Waals surface area contributed by atoms with E-state index < -0.39 is 23.3 Å². The Balaban J connectivity index is 1.72. The van der Waals surface area contributed by atoms with Crippen LogP contribution in [0.4, 0.5) is 9.18 Å². The van der Waals surface area contributed by atoms with Gasteiger partial charge in [-0.15, -0.1) is 0 Å². The summed E-state index contributed by atoms with van der Waals surface area (Å²) in [6, 6.07) is 4.96. The molecule has 0 radical (unpaired) electrons. The van der Waals surface area contributed by atoms with E-state index in [2.05, 4.69) is 24.5 Å². The molecule has 0 aromatic heterocycles. The fraction of sp³-hybridized carbons (Fsp3) is 0.571. The molecule has 1 aliphatic heterocycles. The highest BCUT2D eigenvalue weighted by Crippen LogP contribution is 2.33. The average molecular weight is 389 g/mol. The number of amides is 4. The molecule has 2 N–H and O–H groups in total. The average Bonchev–Trinajstić information content (AvgIpc) is 2.91. The van der Waals surface area contributed by atoms with E-state index in [1.165, 1.54) is 24.3 Å². The lowest BCUT2D eigenvalue weighted by atomic mass is 9.78. The van der Waals surface area contributed by atoms with Gasteiger partial charge < -0.3 is 10.6 Å². The lowest BCUT2D eigenvalue weighted by molar-refractivity contribution is -0.135. The number of hydrogen-bond acceptors (Lipinski definition) is 3. The number of halogens is 1. The van der Waals surface area contributed by atoms with Crippen molar-refractivity contribution in [3.05, 3.63) is 35.6 Å². The maximum atomic E-state index is 13.3. The fourth-order valence-electron chi connectivity index (χ4n) is 4.33. The summed E-state index contributed by atoms with van der Waals surface area (Å²) >= 11 is 0. The third-order valence-corrected chi connectivity index (χ3v) is 6.40. The minimum Gasteiger partial charge on any atom is -0.352 e. The molecular weight excluding hydrogens is 361 g/mol. The standard InChI is InChI=1S/C21H28FN3O3/c1-4-21(15-8-10-16(22)11-9-15)19(27)25(20(28)24-21)12-18(26)23-17-7-5-6-13(2)14(17)3/h8-11,13-14,17H,4-7,12H2,1-3H3,(H,23,26)(H,24,28)/t13-,14-,17+,21-/m0/s1. The van der Waals surface area contributed by atoms with Gasteiger partial charge in [-0.3, -0.25) is 14.5 Å². The van der Waals surface area contributed by atoms with Crippen LogP contribution in [0.25, 0.3) is 0 Å². The van der Waals surface area contributed by atoms with Crippen molar-refractivity contribution in [1.82, 2.24) is 15.5 Å². The molecule has 1 heterocycles. The number of nitrogens with zero attached hydrogens (tertiary/aromatic N) is 1. The molecule has 4 atom stereocenters. The van der Waals surface area contributed by atoms with Crippen LogP contribution in [0.1, 0.15) is 52.0 Å². The normalized spacial score (nSPS) is 30.3. The van der Waals surface area contributed by atoms with Gasteiger partial charge in [0.05, 0.1) is 0 Å². The zero-order valence-corrected chi connectivity index (χ0v) is 16.6. The number of carbonyl (C=O) groups is 3. The van der Waals surface area contributed by atoms with E-state index in [-0.39, 0.29) is 18.5 Å². The Kier molecular flexibility index (Phi) is 5.72. The van der Waals surface area contributed by atoms with Crippen molar-refractivity contribution in [3.63, 3.8) is 0 Å². The molecule has 4 amide bonds. The number of urea groups is 1. The van der Waals surface area contributed by atoms with Gasteiger partial charge in [-0.2, -0.15) is 0 Å². The van der Waals surface area contributed by atoms with E-state index in [0.717, 1.165) is 24.2 Å². The van der Waals surface area contributed by atoms with Crippen LogP contribution < -0.4 is 10.6 Å². The summed E-state index contributed by atoms with van der Waals surface area (Å²) in [6.07, 6.45) is 3.42. The van der Waals surface area contributed by atoms with E-state index in [1.54, 1.807) is 6.92 Å². The minimum absolute atomic E-state index is 0.0602. The number of imide groups is 1. The second-order valence-corrected chi connectivity index (χ2v) is 8.03. The quantitative estimate of drug-likeness (QED) is 0.760. The molecule has 0 spiro atoms. The van der Waals surface area contributed by atoms with Crippen LogP contribution in [0.3, 0.4) is 0 Å². The van der Waals surface area contributed by atoms with Gasteiger partial charge in [-0.05, 0) is 42.4 Å². The Bertz CT molecular complexity index is 767. The van der Waals surface area contributed by atoms with Gasteiger partial charge in [0.25, 0.3) is 5.91 Å². The van der Waals surface area contributed by atoms with Gasteiger partial charge in [0.15, 0.2) is 0 Å². The first-order valence-corrected chi connectivity index (χ1v) is 9.98. The lowest BCUT2D eigenvalue weighted by Gasteiger charge is -2.34. The number of hydrogen-bond donors (Lipinski definition) is 2. The number of benzene rings is 1. The van der Waals surface area contributed by atoms with Crippen LogP contribution in [0.2, 0.25) is 0 Å². The van der Waals surface area contributed by atoms with Crippen molar-refractivity contribution in [2.24, 2.45) is 11.8 Å². The van der Waals surface area contributed by atoms with Crippen molar-refractivity contribution in [3.8, 4) is 0 Å². The van der Waals surface area contributed by atoms with Gasteiger partial charge in [0.1, 0.15) is 17.9 Å². The van der Waals surface area contributed by atoms with E-state index in [1.807, 2.05) is 0 Å². The molecule has 2 aliphatic rings. The zero-order valence-electron chi connectivity index (χ0n) is 16.6. The Labute approximate surface area is 164 Å². The van der Waals surface area contributed by atoms with E-state index in [9.17, 15) is 18.8 Å². The summed E-state index contributed by atoms with van der Waals surface area (Å²) in [5.74, 6) is -0.345. The highest BCUT2D eigenvalue weighted by atomic mass is 19.1. The molecule has 152 valence electrons. The Hall–Kier alpha value is -2.44. The minimum atomic E-state index is -1.27. The monoisotopic (exact) mass is 389 g/mol. The van der Waals surface area contributed by atoms with E-state index in [4.69, 9.17) is 0 Å². The van der Waals surface area contributed by atoms with Gasteiger partial charge in [-0.25, -0.2) is 9.18 Å². The van der Waals surface area contributed by atoms with Crippen molar-refractivity contribution in [2.75, 3.05) is 6.54 Å². The number of carbonyl (C=O) groups excluding carboxylic acids is 3. The lowest BCUT2D eigenvalue weighted by Crippen LogP contribution is -2.49. The second-order valence-electron chi connectivity index (χ2n) is 8.03. The van der Waals surface area contributed by atoms with E-state index in [0.29, 0.717) is 23.8 Å². The summed E-state index contributed by atoms with van der Waals surface area (Å²) in [5.41, 5.74) is -0.759. The zero-order chi connectivity index (χ0) is 20.5. The van der Waals surface area contributed by atoms with Gasteiger partial charge >= 0.3 is 6.03 Å². The molecule has 28 heavy (non-hydrogen) atoms. The molecule has 1 aliphatic carbocycles. The summed E-state index contributed by atoms with van der Waals surface area (Å²) in [4.78, 5) is 39.1. The van der Waals surface area contributed by atoms with Gasteiger partial charge in [-0.1, -0.05) is 45.7 Å². The predicted octanol–water partition coefficient (Wildman–Crippen LogP) is 2.92. The van der Waals surface area contributed by atoms with Crippen molar-refractivity contribution in [2.45, 2.75) is 58.0 Å². The first-order valence-electron chi connectivity index (χ1n) is 9.98. The number of rotatable bonds is 5. The molecule has 0 unspecified atom stereocenters. The Morgan fingerprint density at radius 3 is 2.57 bits per heavy atom. The highest BCUT2D eigenvalue weighted by Gasteiger charge is 2.51. The Morgan fingerprint density at radius 1 is 1.25 bits per heavy atom. The fourth-order valence-corrected chi connectivity index (χ4v) is 4.33. The highest BCUT2D eigenvalue weighted by molar-refractivity contribution is 6.09. The van der Waals surface area contributed by atoms with Crippen molar-refractivity contribution >= 4 is 17.8 Å². The van der Waals surface area contributed by atoms with Crippen LogP contribution in [0, 0.1) is 17.7 Å². The molecular formula is C21H28FN3O3. The van der Waals surface area contributed by atoms with Crippen LogP contribution in [-0.4, -0.2) is 35.3 Å². The van der Waals surface area contributed by atoms with Crippen molar-refractivity contribution in [1.29, 1.82) is 0 Å². The van der Waals surface area contributed by atoms with Crippen LogP contribution in [0.5, 0.6) is 0 Å². The van der Waals surface area contributed by atoms with Crippen LogP contribution in [0.15, 0.2) is 24.3 Å². The third-order valence-electron chi connectivity index (χ3n) is 6.40. The molecule has 1 saturated heterocycles. The molecule has 6 nitrogen and oxygen atoms in total. The first-order chi connectivity index (χ1) is 13.3. The largest absolute Gasteiger partial charge is 0.352 e. The van der Waals surface area contributed by atoms with Crippen molar-refractivity contribution < 1.29 is 18.8 Å². The van der Waals surface area contributed by atoms with Gasteiger partial charge in [0.2, 0.25) is 5.91 Å². The Morgan fingerprint density at radius 2 is 1.93 bits per heavy atom. The maximum Gasteiger partial charge on any atom is 0.325 e. The summed E-state index contributed by atoms with van der Waals surface area (Å²) in [5, 5.41) is 5.71. The number of nitrogens with one attached hydrogen (secondary N) is 2. The smallest absolute Gasteiger partial charge is 0.325 e. The maximum absolute atomic E-state index is 13.3.